The van der Waals surface area contributed by atoms with Gasteiger partial charge in [0.2, 0.25) is 0 Å². The Balaban J connectivity index is 3.08. The Hall–Kier alpha value is -0.410. The van der Waals surface area contributed by atoms with E-state index in [9.17, 15) is 0 Å². The van der Waals surface area contributed by atoms with E-state index in [0.29, 0.717) is 24.9 Å². The molecule has 0 amide bonds. The first kappa shape index (κ1) is 16.6. The highest BCUT2D eigenvalue weighted by molar-refractivity contribution is 9.09. The summed E-state index contributed by atoms with van der Waals surface area (Å²) >= 11 is 10.1. The SMILES string of the molecule is CCOc1cc(Cl)c(C(Br)CC(C)C)cc1OCC. The highest BCUT2D eigenvalue weighted by Crippen LogP contribution is 2.41. The molecule has 0 N–H and O–H groups in total. The molecular formula is C15H22BrClO2. The smallest absolute Gasteiger partial charge is 0.162 e. The number of benzene rings is 1. The van der Waals surface area contributed by atoms with Crippen molar-refractivity contribution in [2.75, 3.05) is 13.2 Å². The van der Waals surface area contributed by atoms with Crippen LogP contribution in [-0.2, 0) is 0 Å². The normalized spacial score (nSPS) is 12.6. The van der Waals surface area contributed by atoms with Crippen LogP contribution in [0.3, 0.4) is 0 Å². The van der Waals surface area contributed by atoms with Crippen LogP contribution in [0.4, 0.5) is 0 Å². The maximum absolute atomic E-state index is 6.35. The van der Waals surface area contributed by atoms with E-state index in [1.807, 2.05) is 26.0 Å². The van der Waals surface area contributed by atoms with Crippen LogP contribution in [0.25, 0.3) is 0 Å². The van der Waals surface area contributed by atoms with E-state index in [1.54, 1.807) is 0 Å². The molecule has 0 aromatic heterocycles. The van der Waals surface area contributed by atoms with Crippen molar-refractivity contribution >= 4 is 27.5 Å². The van der Waals surface area contributed by atoms with Crippen molar-refractivity contribution in [2.45, 2.75) is 38.9 Å². The molecule has 1 aromatic carbocycles. The molecule has 0 aliphatic rings. The lowest BCUT2D eigenvalue weighted by Crippen LogP contribution is -2.02. The van der Waals surface area contributed by atoms with Crippen molar-refractivity contribution in [1.29, 1.82) is 0 Å². The lowest BCUT2D eigenvalue weighted by atomic mass is 10.0. The van der Waals surface area contributed by atoms with E-state index in [-0.39, 0.29) is 4.83 Å². The molecule has 0 radical (unpaired) electrons. The van der Waals surface area contributed by atoms with Gasteiger partial charge >= 0.3 is 0 Å². The predicted octanol–water partition coefficient (Wildman–Crippen LogP) is 5.62. The van der Waals surface area contributed by atoms with Crippen molar-refractivity contribution in [1.82, 2.24) is 0 Å². The quantitative estimate of drug-likeness (QED) is 0.595. The van der Waals surface area contributed by atoms with E-state index in [4.69, 9.17) is 21.1 Å². The molecule has 1 aromatic rings. The van der Waals surface area contributed by atoms with Gasteiger partial charge in [0.25, 0.3) is 0 Å². The van der Waals surface area contributed by atoms with Crippen LogP contribution in [0.2, 0.25) is 5.02 Å². The summed E-state index contributed by atoms with van der Waals surface area (Å²) in [7, 11) is 0. The second-order valence-electron chi connectivity index (χ2n) is 4.78. The van der Waals surface area contributed by atoms with E-state index in [1.165, 1.54) is 0 Å². The Kier molecular flexibility index (Phi) is 7.01. The molecular weight excluding hydrogens is 328 g/mol. The van der Waals surface area contributed by atoms with Crippen molar-refractivity contribution in [3.05, 3.63) is 22.7 Å². The molecule has 0 bridgehead atoms. The van der Waals surface area contributed by atoms with E-state index < -0.39 is 0 Å². The van der Waals surface area contributed by atoms with Crippen LogP contribution in [-0.4, -0.2) is 13.2 Å². The van der Waals surface area contributed by atoms with Gasteiger partial charge < -0.3 is 9.47 Å². The summed E-state index contributed by atoms with van der Waals surface area (Å²) in [4.78, 5) is 0.231. The Labute approximate surface area is 129 Å². The Morgan fingerprint density at radius 2 is 1.63 bits per heavy atom. The molecule has 0 fully saturated rings. The fourth-order valence-corrected chi connectivity index (χ4v) is 3.41. The van der Waals surface area contributed by atoms with Crippen LogP contribution in [0, 0.1) is 5.92 Å². The lowest BCUT2D eigenvalue weighted by Gasteiger charge is -2.18. The van der Waals surface area contributed by atoms with Crippen molar-refractivity contribution < 1.29 is 9.47 Å². The molecule has 0 saturated heterocycles. The minimum Gasteiger partial charge on any atom is -0.490 e. The molecule has 0 aliphatic carbocycles. The van der Waals surface area contributed by atoms with Gasteiger partial charge in [-0.15, -0.1) is 0 Å². The third-order valence-electron chi connectivity index (χ3n) is 2.68. The maximum Gasteiger partial charge on any atom is 0.162 e. The van der Waals surface area contributed by atoms with E-state index in [2.05, 4.69) is 29.8 Å². The summed E-state index contributed by atoms with van der Waals surface area (Å²) in [5.74, 6) is 2.07. The van der Waals surface area contributed by atoms with E-state index in [0.717, 1.165) is 22.8 Å². The summed E-state index contributed by atoms with van der Waals surface area (Å²) in [6.07, 6.45) is 1.03. The second-order valence-corrected chi connectivity index (χ2v) is 6.30. The molecule has 1 rings (SSSR count). The van der Waals surface area contributed by atoms with Crippen molar-refractivity contribution in [3.8, 4) is 11.5 Å². The molecule has 0 heterocycles. The molecule has 0 aliphatic heterocycles. The molecule has 0 spiro atoms. The largest absolute Gasteiger partial charge is 0.490 e. The second kappa shape index (κ2) is 8.01. The summed E-state index contributed by atoms with van der Waals surface area (Å²) in [6, 6.07) is 3.83. The van der Waals surface area contributed by atoms with Gasteiger partial charge in [-0.05, 0) is 37.8 Å². The fourth-order valence-electron chi connectivity index (χ4n) is 1.87. The van der Waals surface area contributed by atoms with Crippen LogP contribution in [0.15, 0.2) is 12.1 Å². The first-order chi connectivity index (χ1) is 8.99. The van der Waals surface area contributed by atoms with Gasteiger partial charge in [-0.1, -0.05) is 41.4 Å². The number of ether oxygens (including phenoxy) is 2. The van der Waals surface area contributed by atoms with Crippen LogP contribution in [0.1, 0.15) is 44.5 Å². The summed E-state index contributed by atoms with van der Waals surface area (Å²) < 4.78 is 11.2. The molecule has 1 unspecified atom stereocenters. The van der Waals surface area contributed by atoms with Gasteiger partial charge in [-0.3, -0.25) is 0 Å². The molecule has 19 heavy (non-hydrogen) atoms. The molecule has 4 heteroatoms. The third kappa shape index (κ3) is 4.88. The van der Waals surface area contributed by atoms with Gasteiger partial charge in [0, 0.05) is 15.9 Å². The highest BCUT2D eigenvalue weighted by atomic mass is 79.9. The first-order valence-electron chi connectivity index (χ1n) is 6.72. The topological polar surface area (TPSA) is 18.5 Å². The summed E-state index contributed by atoms with van der Waals surface area (Å²) in [6.45, 7) is 9.51. The number of hydrogen-bond acceptors (Lipinski definition) is 2. The average Bonchev–Trinajstić information content (AvgIpc) is 2.31. The Bertz CT molecular complexity index is 407. The minimum atomic E-state index is 0.231. The zero-order valence-corrected chi connectivity index (χ0v) is 14.3. The summed E-state index contributed by atoms with van der Waals surface area (Å²) in [5, 5.41) is 0.717. The Morgan fingerprint density at radius 1 is 1.11 bits per heavy atom. The zero-order chi connectivity index (χ0) is 14.4. The molecule has 0 saturated carbocycles. The maximum atomic E-state index is 6.35. The molecule has 108 valence electrons. The average molecular weight is 350 g/mol. The number of hydrogen-bond donors (Lipinski definition) is 0. The van der Waals surface area contributed by atoms with Crippen molar-refractivity contribution in [2.24, 2.45) is 5.92 Å². The van der Waals surface area contributed by atoms with Gasteiger partial charge in [-0.2, -0.15) is 0 Å². The van der Waals surface area contributed by atoms with Crippen molar-refractivity contribution in [3.63, 3.8) is 0 Å². The van der Waals surface area contributed by atoms with Crippen LogP contribution >= 0.6 is 27.5 Å². The summed E-state index contributed by atoms with van der Waals surface area (Å²) in [5.41, 5.74) is 1.06. The number of rotatable bonds is 7. The molecule has 2 nitrogen and oxygen atoms in total. The predicted molar refractivity (Wildman–Crippen MR) is 84.9 cm³/mol. The zero-order valence-electron chi connectivity index (χ0n) is 12.0. The standard InChI is InChI=1S/C15H22BrClO2/c1-5-18-14-8-11(12(16)7-10(3)4)13(17)9-15(14)19-6-2/h8-10,12H,5-7H2,1-4H3. The highest BCUT2D eigenvalue weighted by Gasteiger charge is 2.17. The monoisotopic (exact) mass is 348 g/mol. The lowest BCUT2D eigenvalue weighted by molar-refractivity contribution is 0.287. The van der Waals surface area contributed by atoms with Crippen LogP contribution in [0.5, 0.6) is 11.5 Å². The van der Waals surface area contributed by atoms with Crippen LogP contribution < -0.4 is 9.47 Å². The van der Waals surface area contributed by atoms with Gasteiger partial charge in [0.1, 0.15) is 0 Å². The molecule has 1 atom stereocenters. The van der Waals surface area contributed by atoms with Gasteiger partial charge in [-0.25, -0.2) is 0 Å². The van der Waals surface area contributed by atoms with E-state index >= 15 is 0 Å². The number of alkyl halides is 1. The van der Waals surface area contributed by atoms with Gasteiger partial charge in [0.05, 0.1) is 13.2 Å². The Morgan fingerprint density at radius 3 is 2.11 bits per heavy atom. The number of halogens is 2. The third-order valence-corrected chi connectivity index (χ3v) is 3.87. The fraction of sp³-hybridized carbons (Fsp3) is 0.600. The van der Waals surface area contributed by atoms with Gasteiger partial charge in [0.15, 0.2) is 11.5 Å². The first-order valence-corrected chi connectivity index (χ1v) is 8.02. The minimum absolute atomic E-state index is 0.231.